The summed E-state index contributed by atoms with van der Waals surface area (Å²) in [5.74, 6) is 0.118. The minimum Gasteiger partial charge on any atom is -0.229 e. The topological polar surface area (TPSA) is 57.9 Å². The van der Waals surface area contributed by atoms with Crippen LogP contribution < -0.4 is 0 Å². The summed E-state index contributed by atoms with van der Waals surface area (Å²) in [7, 11) is -3.06. The van der Waals surface area contributed by atoms with Crippen molar-refractivity contribution in [3.8, 4) is 6.07 Å². The molecule has 0 spiro atoms. The Labute approximate surface area is 102 Å². The predicted molar refractivity (Wildman–Crippen MR) is 69.0 cm³/mol. The summed E-state index contributed by atoms with van der Waals surface area (Å²) < 4.78 is 23.1. The molecule has 0 amide bonds. The van der Waals surface area contributed by atoms with E-state index in [1.54, 1.807) is 12.2 Å². The molecule has 0 bridgehead atoms. The molecule has 0 aliphatic rings. The van der Waals surface area contributed by atoms with Gasteiger partial charge in [0.05, 0.1) is 17.6 Å². The van der Waals surface area contributed by atoms with Crippen LogP contribution >= 0.6 is 0 Å². The number of unbranched alkanes of at least 4 members (excludes halogenated alkanes) is 1. The van der Waals surface area contributed by atoms with Crippen molar-refractivity contribution >= 4 is 15.9 Å². The van der Waals surface area contributed by atoms with Crippen LogP contribution in [0.3, 0.4) is 0 Å². The molecule has 0 fully saturated rings. The lowest BCUT2D eigenvalue weighted by Crippen LogP contribution is -2.09. The molecule has 0 aliphatic carbocycles. The van der Waals surface area contributed by atoms with Crippen molar-refractivity contribution in [2.24, 2.45) is 0 Å². The SMILES string of the molecule is N#CCCCS(=O)(=O)C/C=C/c1ccccc1. The van der Waals surface area contributed by atoms with Crippen molar-refractivity contribution in [3.63, 3.8) is 0 Å². The van der Waals surface area contributed by atoms with Crippen molar-refractivity contribution < 1.29 is 8.42 Å². The van der Waals surface area contributed by atoms with E-state index in [2.05, 4.69) is 0 Å². The molecule has 17 heavy (non-hydrogen) atoms. The highest BCUT2D eigenvalue weighted by atomic mass is 32.2. The van der Waals surface area contributed by atoms with Gasteiger partial charge in [-0.2, -0.15) is 5.26 Å². The molecule has 90 valence electrons. The number of rotatable bonds is 6. The van der Waals surface area contributed by atoms with Crippen LogP contribution in [0, 0.1) is 11.3 Å². The summed E-state index contributed by atoms with van der Waals surface area (Å²) in [5.41, 5.74) is 0.986. The number of benzene rings is 1. The lowest BCUT2D eigenvalue weighted by molar-refractivity contribution is 0.596. The lowest BCUT2D eigenvalue weighted by Gasteiger charge is -1.98. The zero-order chi connectivity index (χ0) is 12.6. The molecule has 0 saturated heterocycles. The predicted octanol–water partition coefficient (Wildman–Crippen LogP) is 2.42. The lowest BCUT2D eigenvalue weighted by atomic mass is 10.2. The standard InChI is InChI=1S/C13H15NO2S/c14-10-4-5-11-17(15,16)12-6-9-13-7-2-1-3-8-13/h1-3,6-9H,4-5,11-12H2/b9-6+. The second-order valence-corrected chi connectivity index (χ2v) is 5.92. The fourth-order valence-electron chi connectivity index (χ4n) is 1.35. The van der Waals surface area contributed by atoms with E-state index in [1.807, 2.05) is 36.4 Å². The van der Waals surface area contributed by atoms with Gasteiger partial charge in [0.15, 0.2) is 9.84 Å². The summed E-state index contributed by atoms with van der Waals surface area (Å²) >= 11 is 0. The van der Waals surface area contributed by atoms with Crippen LogP contribution in [0.1, 0.15) is 18.4 Å². The number of hydrogen-bond acceptors (Lipinski definition) is 3. The van der Waals surface area contributed by atoms with Gasteiger partial charge in [0, 0.05) is 6.42 Å². The van der Waals surface area contributed by atoms with Gasteiger partial charge >= 0.3 is 0 Å². The van der Waals surface area contributed by atoms with Crippen molar-refractivity contribution in [1.82, 2.24) is 0 Å². The summed E-state index contributed by atoms with van der Waals surface area (Å²) in [6, 6.07) is 11.5. The van der Waals surface area contributed by atoms with Gasteiger partial charge in [0.1, 0.15) is 0 Å². The third-order valence-electron chi connectivity index (χ3n) is 2.20. The Morgan fingerprint density at radius 3 is 2.59 bits per heavy atom. The van der Waals surface area contributed by atoms with E-state index in [9.17, 15) is 8.42 Å². The molecule has 4 heteroatoms. The van der Waals surface area contributed by atoms with Gasteiger partial charge in [-0.15, -0.1) is 0 Å². The van der Waals surface area contributed by atoms with Crippen LogP contribution in [-0.4, -0.2) is 19.9 Å². The third kappa shape index (κ3) is 5.88. The average molecular weight is 249 g/mol. The van der Waals surface area contributed by atoms with Crippen molar-refractivity contribution in [2.45, 2.75) is 12.8 Å². The Morgan fingerprint density at radius 2 is 1.94 bits per heavy atom. The molecule has 0 heterocycles. The Bertz CT molecular complexity index is 498. The summed E-state index contributed by atoms with van der Waals surface area (Å²) in [5, 5.41) is 8.33. The molecule has 0 aromatic heterocycles. The van der Waals surface area contributed by atoms with E-state index in [0.717, 1.165) is 5.56 Å². The van der Waals surface area contributed by atoms with Crippen LogP contribution in [0.4, 0.5) is 0 Å². The van der Waals surface area contributed by atoms with Crippen LogP contribution in [-0.2, 0) is 9.84 Å². The average Bonchev–Trinajstić information content (AvgIpc) is 2.30. The van der Waals surface area contributed by atoms with Crippen molar-refractivity contribution in [1.29, 1.82) is 5.26 Å². The summed E-state index contributed by atoms with van der Waals surface area (Å²) in [4.78, 5) is 0. The van der Waals surface area contributed by atoms with Gasteiger partial charge in [-0.05, 0) is 12.0 Å². The number of hydrogen-bond donors (Lipinski definition) is 0. The Kier molecular flexibility index (Phi) is 5.44. The minimum absolute atomic E-state index is 0.0350. The molecule has 0 saturated carbocycles. The Hall–Kier alpha value is -1.60. The quantitative estimate of drug-likeness (QED) is 0.727. The monoisotopic (exact) mass is 249 g/mol. The first-order chi connectivity index (χ1) is 8.14. The molecule has 0 N–H and O–H groups in total. The first-order valence-corrected chi connectivity index (χ1v) is 7.25. The Morgan fingerprint density at radius 1 is 1.24 bits per heavy atom. The van der Waals surface area contributed by atoms with Crippen LogP contribution in [0.5, 0.6) is 0 Å². The first-order valence-electron chi connectivity index (χ1n) is 5.43. The van der Waals surface area contributed by atoms with Gasteiger partial charge < -0.3 is 0 Å². The van der Waals surface area contributed by atoms with E-state index in [0.29, 0.717) is 12.8 Å². The van der Waals surface area contributed by atoms with Gasteiger partial charge in [-0.1, -0.05) is 42.5 Å². The van der Waals surface area contributed by atoms with Crippen LogP contribution in [0.2, 0.25) is 0 Å². The molecule has 1 rings (SSSR count). The maximum Gasteiger partial charge on any atom is 0.153 e. The fourth-order valence-corrected chi connectivity index (χ4v) is 2.49. The largest absolute Gasteiger partial charge is 0.229 e. The molecule has 1 aromatic rings. The second-order valence-electron chi connectivity index (χ2n) is 3.69. The minimum atomic E-state index is -3.06. The highest BCUT2D eigenvalue weighted by Crippen LogP contribution is 2.03. The molecule has 0 aliphatic heterocycles. The first kappa shape index (κ1) is 13.5. The molecule has 0 unspecified atom stereocenters. The zero-order valence-electron chi connectivity index (χ0n) is 9.54. The van der Waals surface area contributed by atoms with Gasteiger partial charge in [-0.3, -0.25) is 0 Å². The maximum atomic E-state index is 11.5. The zero-order valence-corrected chi connectivity index (χ0v) is 10.4. The van der Waals surface area contributed by atoms with E-state index < -0.39 is 9.84 Å². The van der Waals surface area contributed by atoms with Gasteiger partial charge in [0.25, 0.3) is 0 Å². The molecule has 1 aromatic carbocycles. The molecular formula is C13H15NO2S. The van der Waals surface area contributed by atoms with E-state index in [4.69, 9.17) is 5.26 Å². The molecule has 0 atom stereocenters. The normalized spacial score (nSPS) is 11.5. The summed E-state index contributed by atoms with van der Waals surface area (Å²) in [6.07, 6.45) is 4.15. The number of nitrogens with zero attached hydrogens (tertiary/aromatic N) is 1. The smallest absolute Gasteiger partial charge is 0.153 e. The fraction of sp³-hybridized carbons (Fsp3) is 0.308. The van der Waals surface area contributed by atoms with Crippen molar-refractivity contribution in [2.75, 3.05) is 11.5 Å². The number of sulfone groups is 1. The second kappa shape index (κ2) is 6.87. The highest BCUT2D eigenvalue weighted by Gasteiger charge is 2.07. The number of nitriles is 1. The molecular weight excluding hydrogens is 234 g/mol. The van der Waals surface area contributed by atoms with E-state index in [1.165, 1.54) is 0 Å². The van der Waals surface area contributed by atoms with Gasteiger partial charge in [0.2, 0.25) is 0 Å². The molecule has 3 nitrogen and oxygen atoms in total. The third-order valence-corrected chi connectivity index (χ3v) is 3.81. The van der Waals surface area contributed by atoms with Crippen molar-refractivity contribution in [3.05, 3.63) is 42.0 Å². The Balaban J connectivity index is 2.45. The van der Waals surface area contributed by atoms with Crippen LogP contribution in [0.25, 0.3) is 6.08 Å². The maximum absolute atomic E-state index is 11.5. The highest BCUT2D eigenvalue weighted by molar-refractivity contribution is 7.91. The van der Waals surface area contributed by atoms with E-state index in [-0.39, 0.29) is 11.5 Å². The molecule has 0 radical (unpaired) electrons. The van der Waals surface area contributed by atoms with E-state index >= 15 is 0 Å². The van der Waals surface area contributed by atoms with Gasteiger partial charge in [-0.25, -0.2) is 8.42 Å². The summed E-state index contributed by atoms with van der Waals surface area (Å²) in [6.45, 7) is 0. The van der Waals surface area contributed by atoms with Crippen LogP contribution in [0.15, 0.2) is 36.4 Å².